The summed E-state index contributed by atoms with van der Waals surface area (Å²) in [6.07, 6.45) is 0. The molecule has 0 aliphatic carbocycles. The minimum atomic E-state index is 0.613. The molecule has 0 fully saturated rings. The Hall–Kier alpha value is -4.36. The van der Waals surface area contributed by atoms with Gasteiger partial charge in [-0.05, 0) is 83.9 Å². The van der Waals surface area contributed by atoms with Gasteiger partial charge in [0.25, 0.3) is 0 Å². The third-order valence-corrected chi connectivity index (χ3v) is 7.60. The topological polar surface area (TPSA) is 38.0 Å². The Morgan fingerprint density at radius 1 is 0.605 bits per heavy atom. The maximum absolute atomic E-state index is 9.31. The third kappa shape index (κ3) is 4.25. The fourth-order valence-electron chi connectivity index (χ4n) is 4.74. The molecule has 2 aromatic heterocycles. The van der Waals surface area contributed by atoms with Crippen molar-refractivity contribution in [3.8, 4) is 40.0 Å². The molecule has 6 heteroatoms. The van der Waals surface area contributed by atoms with Gasteiger partial charge in [-0.1, -0.05) is 68.3 Å². The Morgan fingerprint density at radius 3 is 1.42 bits per heavy atom. The van der Waals surface area contributed by atoms with Crippen molar-refractivity contribution in [1.82, 2.24) is 9.13 Å². The van der Waals surface area contributed by atoms with E-state index < -0.39 is 0 Å². The lowest BCUT2D eigenvalue weighted by Gasteiger charge is -2.12. The highest BCUT2D eigenvalue weighted by atomic mass is 79.9. The Bertz CT molecular complexity index is 1720. The summed E-state index contributed by atoms with van der Waals surface area (Å²) >= 11 is 7.13. The van der Waals surface area contributed by atoms with E-state index in [0.29, 0.717) is 11.3 Å². The number of halogens is 2. The Balaban J connectivity index is 1.68. The van der Waals surface area contributed by atoms with Gasteiger partial charge < -0.3 is 9.13 Å². The molecule has 0 radical (unpaired) electrons. The van der Waals surface area contributed by atoms with Crippen LogP contribution >= 0.6 is 31.9 Å². The normalized spacial score (nSPS) is 10.8. The molecule has 4 aromatic carbocycles. The number of aromatic nitrogens is 2. The highest BCUT2D eigenvalue weighted by molar-refractivity contribution is 9.10. The molecule has 6 rings (SSSR count). The highest BCUT2D eigenvalue weighted by Crippen LogP contribution is 2.39. The molecule has 38 heavy (non-hydrogen) atoms. The number of nitriles is 1. The molecular weight excluding hydrogens is 600 g/mol. The predicted molar refractivity (Wildman–Crippen MR) is 160 cm³/mol. The fraction of sp³-hybridized carbons (Fsp3) is 0. The first-order chi connectivity index (χ1) is 18.6. The van der Waals surface area contributed by atoms with Gasteiger partial charge in [-0.2, -0.15) is 5.26 Å². The number of benzene rings is 4. The molecule has 0 spiro atoms. The SMILES string of the molecule is [C-]#[N+]c1ccc(-c2cc3c(cc(-c4ccc(C#N)cc4)n3-c3ccc(Br)cc3)n2-c2ccc(Br)cc2)cc1. The molecule has 0 saturated heterocycles. The van der Waals surface area contributed by atoms with Crippen molar-refractivity contribution < 1.29 is 0 Å². The van der Waals surface area contributed by atoms with Gasteiger partial charge in [0.2, 0.25) is 0 Å². The van der Waals surface area contributed by atoms with E-state index in [0.717, 1.165) is 53.9 Å². The van der Waals surface area contributed by atoms with Crippen molar-refractivity contribution >= 4 is 48.6 Å². The van der Waals surface area contributed by atoms with Crippen LogP contribution in [0.2, 0.25) is 0 Å². The molecule has 6 aromatic rings. The molecule has 0 aliphatic rings. The quantitative estimate of drug-likeness (QED) is 0.181. The highest BCUT2D eigenvalue weighted by Gasteiger charge is 2.21. The molecule has 180 valence electrons. The third-order valence-electron chi connectivity index (χ3n) is 6.54. The van der Waals surface area contributed by atoms with Crippen LogP contribution in [0.3, 0.4) is 0 Å². The second kappa shape index (κ2) is 9.84. The van der Waals surface area contributed by atoms with Crippen molar-refractivity contribution in [2.24, 2.45) is 0 Å². The van der Waals surface area contributed by atoms with Crippen molar-refractivity contribution in [2.75, 3.05) is 0 Å². The summed E-state index contributed by atoms with van der Waals surface area (Å²) in [6.45, 7) is 7.34. The smallest absolute Gasteiger partial charge is 0.187 e. The van der Waals surface area contributed by atoms with Crippen LogP contribution in [0.4, 0.5) is 5.69 Å². The second-order valence-electron chi connectivity index (χ2n) is 8.80. The molecule has 0 unspecified atom stereocenters. The van der Waals surface area contributed by atoms with Crippen LogP contribution in [-0.4, -0.2) is 9.13 Å². The van der Waals surface area contributed by atoms with Gasteiger partial charge in [-0.15, -0.1) is 0 Å². The van der Waals surface area contributed by atoms with E-state index in [9.17, 15) is 5.26 Å². The summed E-state index contributed by atoms with van der Waals surface area (Å²) in [5, 5.41) is 9.31. The summed E-state index contributed by atoms with van der Waals surface area (Å²) in [5.41, 5.74) is 9.53. The number of hydrogen-bond acceptors (Lipinski definition) is 1. The lowest BCUT2D eigenvalue weighted by Crippen LogP contribution is -1.96. The summed E-state index contributed by atoms with van der Waals surface area (Å²) in [6, 6.07) is 38.6. The first kappa shape index (κ1) is 24.0. The van der Waals surface area contributed by atoms with Crippen LogP contribution in [0.1, 0.15) is 5.56 Å². The molecule has 0 aliphatic heterocycles. The largest absolute Gasteiger partial charge is 0.308 e. The molecule has 4 nitrogen and oxygen atoms in total. The maximum atomic E-state index is 9.31. The summed E-state index contributed by atoms with van der Waals surface area (Å²) < 4.78 is 6.54. The van der Waals surface area contributed by atoms with E-state index in [4.69, 9.17) is 6.57 Å². The molecule has 0 saturated carbocycles. The predicted octanol–water partition coefficient (Wildman–Crippen LogP) is 9.70. The van der Waals surface area contributed by atoms with E-state index in [2.05, 4.69) is 88.3 Å². The lowest BCUT2D eigenvalue weighted by molar-refractivity contribution is 1.13. The fourth-order valence-corrected chi connectivity index (χ4v) is 5.27. The zero-order chi connectivity index (χ0) is 26.2. The summed E-state index contributed by atoms with van der Waals surface area (Å²) in [7, 11) is 0. The van der Waals surface area contributed by atoms with Crippen LogP contribution in [0.5, 0.6) is 0 Å². The standard InChI is InChI=1S/C32H18Br2N4/c1-36-26-12-6-23(7-13-26)30-19-32-31(38(30)28-16-10-25(34)11-17-28)18-29(22-4-2-21(20-35)3-5-22)37(32)27-14-8-24(33)9-15-27/h2-19H. The summed E-state index contributed by atoms with van der Waals surface area (Å²) in [4.78, 5) is 3.56. The average molecular weight is 618 g/mol. The minimum Gasteiger partial charge on any atom is -0.308 e. The van der Waals surface area contributed by atoms with Crippen molar-refractivity contribution in [3.05, 3.63) is 135 Å². The zero-order valence-electron chi connectivity index (χ0n) is 19.9. The molecule has 0 atom stereocenters. The van der Waals surface area contributed by atoms with E-state index in [1.807, 2.05) is 72.8 Å². The molecule has 0 bridgehead atoms. The van der Waals surface area contributed by atoms with Crippen LogP contribution in [0.15, 0.2) is 118 Å². The Morgan fingerprint density at radius 2 is 1.03 bits per heavy atom. The van der Waals surface area contributed by atoms with Crippen LogP contribution in [-0.2, 0) is 0 Å². The van der Waals surface area contributed by atoms with Crippen LogP contribution < -0.4 is 0 Å². The Kier molecular flexibility index (Phi) is 6.21. The Labute approximate surface area is 237 Å². The summed E-state index contributed by atoms with van der Waals surface area (Å²) in [5.74, 6) is 0. The van der Waals surface area contributed by atoms with E-state index >= 15 is 0 Å². The number of rotatable bonds is 4. The molecule has 0 amide bonds. The van der Waals surface area contributed by atoms with Gasteiger partial charge >= 0.3 is 0 Å². The van der Waals surface area contributed by atoms with E-state index in [1.165, 1.54) is 0 Å². The lowest BCUT2D eigenvalue weighted by atomic mass is 10.1. The molecule has 2 heterocycles. The first-order valence-corrected chi connectivity index (χ1v) is 13.4. The van der Waals surface area contributed by atoms with E-state index in [1.54, 1.807) is 0 Å². The minimum absolute atomic E-state index is 0.613. The van der Waals surface area contributed by atoms with Gasteiger partial charge in [0.05, 0.1) is 40.6 Å². The van der Waals surface area contributed by atoms with Crippen molar-refractivity contribution in [2.45, 2.75) is 0 Å². The zero-order valence-corrected chi connectivity index (χ0v) is 23.1. The second-order valence-corrected chi connectivity index (χ2v) is 10.6. The maximum Gasteiger partial charge on any atom is 0.187 e. The van der Waals surface area contributed by atoms with Crippen molar-refractivity contribution in [1.29, 1.82) is 5.26 Å². The van der Waals surface area contributed by atoms with Gasteiger partial charge in [-0.25, -0.2) is 4.85 Å². The first-order valence-electron chi connectivity index (χ1n) is 11.8. The number of nitrogens with zero attached hydrogens (tertiary/aromatic N) is 4. The van der Waals surface area contributed by atoms with Gasteiger partial charge in [0.15, 0.2) is 5.69 Å². The van der Waals surface area contributed by atoms with Crippen LogP contribution in [0.25, 0.3) is 49.8 Å². The van der Waals surface area contributed by atoms with Crippen molar-refractivity contribution in [3.63, 3.8) is 0 Å². The molecule has 0 N–H and O–H groups in total. The monoisotopic (exact) mass is 616 g/mol. The van der Waals surface area contributed by atoms with Gasteiger partial charge in [0.1, 0.15) is 0 Å². The van der Waals surface area contributed by atoms with Crippen LogP contribution in [0, 0.1) is 17.9 Å². The van der Waals surface area contributed by atoms with Gasteiger partial charge in [0, 0.05) is 20.3 Å². The number of hydrogen-bond donors (Lipinski definition) is 0. The van der Waals surface area contributed by atoms with Gasteiger partial charge in [-0.3, -0.25) is 0 Å². The number of fused-ring (bicyclic) bond motifs is 1. The molecular formula is C32H18Br2N4. The van der Waals surface area contributed by atoms with E-state index in [-0.39, 0.29) is 0 Å². The average Bonchev–Trinajstić information content (AvgIpc) is 3.51.